The summed E-state index contributed by atoms with van der Waals surface area (Å²) < 4.78 is 3.82. The molecular formula is C22H31N7. The summed E-state index contributed by atoms with van der Waals surface area (Å²) in [6, 6.07) is 10.5. The van der Waals surface area contributed by atoms with Crippen molar-refractivity contribution in [2.45, 2.75) is 39.4 Å². The summed E-state index contributed by atoms with van der Waals surface area (Å²) in [7, 11) is 5.85. The highest BCUT2D eigenvalue weighted by Gasteiger charge is 2.15. The van der Waals surface area contributed by atoms with Crippen LogP contribution in [-0.2, 0) is 26.7 Å². The van der Waals surface area contributed by atoms with E-state index in [4.69, 9.17) is 0 Å². The van der Waals surface area contributed by atoms with Crippen LogP contribution >= 0.6 is 0 Å². The fourth-order valence-electron chi connectivity index (χ4n) is 3.48. The average molecular weight is 394 g/mol. The van der Waals surface area contributed by atoms with Crippen molar-refractivity contribution in [2.75, 3.05) is 14.1 Å². The minimum absolute atomic E-state index is 0.395. The molecule has 0 bridgehead atoms. The zero-order valence-electron chi connectivity index (χ0n) is 18.0. The molecule has 0 aliphatic rings. The Balaban J connectivity index is 1.62. The van der Waals surface area contributed by atoms with Gasteiger partial charge in [0.1, 0.15) is 0 Å². The first-order valence-corrected chi connectivity index (χ1v) is 9.95. The smallest absolute Gasteiger partial charge is 0.193 e. The molecule has 154 valence electrons. The third kappa shape index (κ3) is 5.47. The van der Waals surface area contributed by atoms with Gasteiger partial charge < -0.3 is 10.2 Å². The molecule has 2 aromatic heterocycles. The molecule has 0 atom stereocenters. The summed E-state index contributed by atoms with van der Waals surface area (Å²) in [6.45, 7) is 6.60. The van der Waals surface area contributed by atoms with Gasteiger partial charge in [-0.05, 0) is 23.1 Å². The Kier molecular flexibility index (Phi) is 6.69. The van der Waals surface area contributed by atoms with Crippen LogP contribution < -0.4 is 5.32 Å². The molecule has 3 aromatic rings. The normalized spacial score (nSPS) is 11.9. The number of rotatable bonds is 7. The van der Waals surface area contributed by atoms with Crippen LogP contribution in [0.25, 0.3) is 0 Å². The van der Waals surface area contributed by atoms with E-state index in [9.17, 15) is 0 Å². The van der Waals surface area contributed by atoms with Gasteiger partial charge in [0.2, 0.25) is 0 Å². The lowest BCUT2D eigenvalue weighted by atomic mass is 10.1. The lowest BCUT2D eigenvalue weighted by Crippen LogP contribution is -2.38. The van der Waals surface area contributed by atoms with E-state index in [2.05, 4.69) is 76.8 Å². The molecule has 2 heterocycles. The molecule has 1 N–H and O–H groups in total. The molecule has 29 heavy (non-hydrogen) atoms. The Hall–Kier alpha value is -3.09. The van der Waals surface area contributed by atoms with Crippen LogP contribution in [0.5, 0.6) is 0 Å². The van der Waals surface area contributed by atoms with Crippen molar-refractivity contribution in [2.24, 2.45) is 12.0 Å². The van der Waals surface area contributed by atoms with Gasteiger partial charge in [-0.3, -0.25) is 14.4 Å². The minimum Gasteiger partial charge on any atom is -0.352 e. The van der Waals surface area contributed by atoms with E-state index in [0.717, 1.165) is 24.7 Å². The molecule has 1 aromatic carbocycles. The van der Waals surface area contributed by atoms with Gasteiger partial charge in [0.15, 0.2) is 5.96 Å². The maximum Gasteiger partial charge on any atom is 0.193 e. The largest absolute Gasteiger partial charge is 0.352 e. The predicted molar refractivity (Wildman–Crippen MR) is 117 cm³/mol. The highest BCUT2D eigenvalue weighted by Crippen LogP contribution is 2.18. The molecule has 7 nitrogen and oxygen atoms in total. The fraction of sp³-hybridized carbons (Fsp3) is 0.409. The quantitative estimate of drug-likeness (QED) is 0.495. The summed E-state index contributed by atoms with van der Waals surface area (Å²) >= 11 is 0. The zero-order valence-corrected chi connectivity index (χ0v) is 18.0. The molecule has 0 aliphatic carbocycles. The maximum absolute atomic E-state index is 4.60. The summed E-state index contributed by atoms with van der Waals surface area (Å²) in [6.07, 6.45) is 5.88. The molecular weight excluding hydrogens is 362 g/mol. The van der Waals surface area contributed by atoms with Gasteiger partial charge in [-0.15, -0.1) is 0 Å². The SMILES string of the molecule is CN=C(NCc1cccc(Cn2cccn2)c1)N(C)Cc1cn(C)nc1C(C)C. The van der Waals surface area contributed by atoms with Gasteiger partial charge in [0.25, 0.3) is 0 Å². The van der Waals surface area contributed by atoms with Crippen molar-refractivity contribution in [3.63, 3.8) is 0 Å². The van der Waals surface area contributed by atoms with Crippen molar-refractivity contribution in [3.05, 3.63) is 71.3 Å². The van der Waals surface area contributed by atoms with Crippen molar-refractivity contribution in [3.8, 4) is 0 Å². The molecule has 0 saturated heterocycles. The third-order valence-corrected chi connectivity index (χ3v) is 4.81. The van der Waals surface area contributed by atoms with Crippen LogP contribution in [0, 0.1) is 0 Å². The predicted octanol–water partition coefficient (Wildman–Crippen LogP) is 3.00. The number of benzene rings is 1. The molecule has 0 fully saturated rings. The Morgan fingerprint density at radius 2 is 2.03 bits per heavy atom. The number of aryl methyl sites for hydroxylation is 1. The molecule has 3 rings (SSSR count). The van der Waals surface area contributed by atoms with E-state index in [1.807, 2.05) is 35.7 Å². The van der Waals surface area contributed by atoms with Gasteiger partial charge in [0, 0.05) is 58.4 Å². The lowest BCUT2D eigenvalue weighted by molar-refractivity contribution is 0.473. The van der Waals surface area contributed by atoms with Crippen LogP contribution in [-0.4, -0.2) is 44.5 Å². The molecule has 0 spiro atoms. The van der Waals surface area contributed by atoms with E-state index in [1.54, 1.807) is 6.20 Å². The number of aliphatic imine (C=N–C) groups is 1. The number of hydrogen-bond donors (Lipinski definition) is 1. The highest BCUT2D eigenvalue weighted by atomic mass is 15.3. The lowest BCUT2D eigenvalue weighted by Gasteiger charge is -2.22. The van der Waals surface area contributed by atoms with Crippen LogP contribution in [0.1, 0.15) is 42.1 Å². The van der Waals surface area contributed by atoms with Crippen LogP contribution in [0.15, 0.2) is 53.9 Å². The Labute approximate surface area is 173 Å². The minimum atomic E-state index is 0.395. The molecule has 0 aliphatic heterocycles. The highest BCUT2D eigenvalue weighted by molar-refractivity contribution is 5.79. The first-order valence-electron chi connectivity index (χ1n) is 9.95. The monoisotopic (exact) mass is 393 g/mol. The van der Waals surface area contributed by atoms with Crippen LogP contribution in [0.3, 0.4) is 0 Å². The maximum atomic E-state index is 4.60. The van der Waals surface area contributed by atoms with Gasteiger partial charge >= 0.3 is 0 Å². The third-order valence-electron chi connectivity index (χ3n) is 4.81. The van der Waals surface area contributed by atoms with Crippen molar-refractivity contribution < 1.29 is 0 Å². The zero-order chi connectivity index (χ0) is 20.8. The van der Waals surface area contributed by atoms with E-state index in [-0.39, 0.29) is 0 Å². The molecule has 0 unspecified atom stereocenters. The Morgan fingerprint density at radius 1 is 1.24 bits per heavy atom. The van der Waals surface area contributed by atoms with Gasteiger partial charge in [0.05, 0.1) is 12.2 Å². The number of nitrogens with zero attached hydrogens (tertiary/aromatic N) is 6. The summed E-state index contributed by atoms with van der Waals surface area (Å²) in [4.78, 5) is 6.59. The number of guanidine groups is 1. The average Bonchev–Trinajstić information content (AvgIpc) is 3.32. The molecule has 0 saturated carbocycles. The summed E-state index contributed by atoms with van der Waals surface area (Å²) in [5, 5.41) is 12.4. The van der Waals surface area contributed by atoms with Gasteiger partial charge in [-0.25, -0.2) is 0 Å². The van der Waals surface area contributed by atoms with E-state index in [1.165, 1.54) is 16.7 Å². The first kappa shape index (κ1) is 20.6. The molecule has 0 radical (unpaired) electrons. The Morgan fingerprint density at radius 3 is 2.72 bits per heavy atom. The second-order valence-corrected chi connectivity index (χ2v) is 7.65. The van der Waals surface area contributed by atoms with Crippen LogP contribution in [0.4, 0.5) is 0 Å². The van der Waals surface area contributed by atoms with Crippen LogP contribution in [0.2, 0.25) is 0 Å². The first-order chi connectivity index (χ1) is 14.0. The number of hydrogen-bond acceptors (Lipinski definition) is 3. The second kappa shape index (κ2) is 9.41. The van der Waals surface area contributed by atoms with E-state index >= 15 is 0 Å². The molecule has 0 amide bonds. The summed E-state index contributed by atoms with van der Waals surface area (Å²) in [5.41, 5.74) is 4.82. The van der Waals surface area contributed by atoms with Gasteiger partial charge in [-0.2, -0.15) is 10.2 Å². The Bertz CT molecular complexity index is 938. The van der Waals surface area contributed by atoms with Crippen molar-refractivity contribution in [1.82, 2.24) is 29.8 Å². The van der Waals surface area contributed by atoms with Crippen molar-refractivity contribution >= 4 is 5.96 Å². The number of nitrogens with one attached hydrogen (secondary N) is 1. The standard InChI is InChI=1S/C22H31N7/c1-17(2)21-20(16-28(5)26-21)15-27(4)22(23-3)24-13-18-8-6-9-19(12-18)14-29-11-7-10-25-29/h6-12,16-17H,13-15H2,1-5H3,(H,23,24). The fourth-order valence-corrected chi connectivity index (χ4v) is 3.48. The summed E-state index contributed by atoms with van der Waals surface area (Å²) in [5.74, 6) is 1.26. The molecule has 7 heteroatoms. The van der Waals surface area contributed by atoms with Crippen molar-refractivity contribution in [1.29, 1.82) is 0 Å². The topological polar surface area (TPSA) is 63.3 Å². The van der Waals surface area contributed by atoms with E-state index in [0.29, 0.717) is 12.5 Å². The van der Waals surface area contributed by atoms with E-state index < -0.39 is 0 Å². The van der Waals surface area contributed by atoms with Gasteiger partial charge in [-0.1, -0.05) is 38.1 Å². The number of aromatic nitrogens is 4. The second-order valence-electron chi connectivity index (χ2n) is 7.65.